The van der Waals surface area contributed by atoms with Crippen LogP contribution in [0.5, 0.6) is 34.5 Å². The largest absolute Gasteiger partial charge is 0.484 e. The SMILES string of the molecule is O=C(COc1ccccc1)Nc1ccc(Oc2cccc(Oc3ccc(NC(=O)COc4ccccc4)cc3)c2)cc1. The lowest BCUT2D eigenvalue weighted by molar-refractivity contribution is -0.118. The summed E-state index contributed by atoms with van der Waals surface area (Å²) in [6.07, 6.45) is 0. The third-order valence-corrected chi connectivity index (χ3v) is 5.78. The van der Waals surface area contributed by atoms with Gasteiger partial charge in [0.2, 0.25) is 0 Å². The van der Waals surface area contributed by atoms with E-state index in [1.165, 1.54) is 0 Å². The monoisotopic (exact) mass is 560 g/mol. The summed E-state index contributed by atoms with van der Waals surface area (Å²) < 4.78 is 22.9. The van der Waals surface area contributed by atoms with Crippen LogP contribution in [-0.2, 0) is 9.59 Å². The quantitative estimate of drug-likeness (QED) is 0.166. The van der Waals surface area contributed by atoms with Gasteiger partial charge in [0.25, 0.3) is 11.8 Å². The van der Waals surface area contributed by atoms with Gasteiger partial charge in [0.15, 0.2) is 13.2 Å². The summed E-state index contributed by atoms with van der Waals surface area (Å²) in [7, 11) is 0. The third-order valence-electron chi connectivity index (χ3n) is 5.78. The maximum absolute atomic E-state index is 12.2. The number of anilines is 2. The van der Waals surface area contributed by atoms with Gasteiger partial charge in [0.1, 0.15) is 34.5 Å². The fraction of sp³-hybridized carbons (Fsp3) is 0.0588. The molecule has 0 heterocycles. The zero-order valence-corrected chi connectivity index (χ0v) is 22.6. The lowest BCUT2D eigenvalue weighted by Crippen LogP contribution is -2.20. The van der Waals surface area contributed by atoms with Gasteiger partial charge in [0, 0.05) is 17.4 Å². The highest BCUT2D eigenvalue weighted by atomic mass is 16.5. The van der Waals surface area contributed by atoms with Gasteiger partial charge in [-0.25, -0.2) is 0 Å². The van der Waals surface area contributed by atoms with E-state index in [1.54, 1.807) is 78.9 Å². The second kappa shape index (κ2) is 14.0. The molecule has 5 aromatic carbocycles. The van der Waals surface area contributed by atoms with E-state index in [4.69, 9.17) is 18.9 Å². The Morgan fingerprint density at radius 2 is 0.810 bits per heavy atom. The molecule has 5 rings (SSSR count). The van der Waals surface area contributed by atoms with Crippen molar-refractivity contribution < 1.29 is 28.5 Å². The van der Waals surface area contributed by atoms with Crippen LogP contribution in [0.25, 0.3) is 0 Å². The Bertz CT molecular complexity index is 1470. The average Bonchev–Trinajstić information content (AvgIpc) is 3.02. The fourth-order valence-corrected chi connectivity index (χ4v) is 3.81. The van der Waals surface area contributed by atoms with Crippen LogP contribution < -0.4 is 29.6 Å². The smallest absolute Gasteiger partial charge is 0.262 e. The minimum Gasteiger partial charge on any atom is -0.484 e. The molecular weight excluding hydrogens is 532 g/mol. The number of para-hydroxylation sites is 2. The number of nitrogens with one attached hydrogen (secondary N) is 2. The molecule has 0 fully saturated rings. The minimum atomic E-state index is -0.259. The molecule has 2 amide bonds. The molecule has 0 spiro atoms. The van der Waals surface area contributed by atoms with Crippen molar-refractivity contribution in [1.82, 2.24) is 0 Å². The zero-order valence-electron chi connectivity index (χ0n) is 22.6. The van der Waals surface area contributed by atoms with Crippen molar-refractivity contribution >= 4 is 23.2 Å². The van der Waals surface area contributed by atoms with E-state index >= 15 is 0 Å². The number of hydrogen-bond donors (Lipinski definition) is 2. The second-order valence-corrected chi connectivity index (χ2v) is 9.03. The van der Waals surface area contributed by atoms with Crippen LogP contribution in [0.1, 0.15) is 0 Å². The highest BCUT2D eigenvalue weighted by molar-refractivity contribution is 5.92. The third kappa shape index (κ3) is 8.62. The van der Waals surface area contributed by atoms with E-state index in [9.17, 15) is 9.59 Å². The predicted octanol–water partition coefficient (Wildman–Crippen LogP) is 7.31. The Morgan fingerprint density at radius 1 is 0.429 bits per heavy atom. The number of benzene rings is 5. The van der Waals surface area contributed by atoms with Gasteiger partial charge in [-0.1, -0.05) is 42.5 Å². The molecular formula is C34H28N2O6. The van der Waals surface area contributed by atoms with Crippen molar-refractivity contribution in [3.63, 3.8) is 0 Å². The number of carbonyl (C=O) groups is 2. The number of rotatable bonds is 12. The minimum absolute atomic E-state index is 0.0872. The van der Waals surface area contributed by atoms with E-state index in [0.717, 1.165) is 0 Å². The molecule has 2 N–H and O–H groups in total. The van der Waals surface area contributed by atoms with Gasteiger partial charge in [-0.05, 0) is 84.9 Å². The molecule has 8 heteroatoms. The summed E-state index contributed by atoms with van der Waals surface area (Å²) in [6, 6.07) is 39.6. The standard InChI is InChI=1S/C34H28N2O6/c37-33(23-39-27-8-3-1-4-9-27)35-25-14-18-29(19-15-25)41-31-12-7-13-32(22-31)42-30-20-16-26(17-21-30)36-34(38)24-40-28-10-5-2-6-11-28/h1-22H,23-24H2,(H,35,37)(H,36,38). The van der Waals surface area contributed by atoms with Crippen molar-refractivity contribution in [3.8, 4) is 34.5 Å². The van der Waals surface area contributed by atoms with Crippen molar-refractivity contribution in [1.29, 1.82) is 0 Å². The number of carbonyl (C=O) groups excluding carboxylic acids is 2. The van der Waals surface area contributed by atoms with Gasteiger partial charge in [-0.3, -0.25) is 9.59 Å². The van der Waals surface area contributed by atoms with Crippen LogP contribution in [0.15, 0.2) is 133 Å². The van der Waals surface area contributed by atoms with Crippen LogP contribution in [0.3, 0.4) is 0 Å². The average molecular weight is 561 g/mol. The molecule has 0 aliphatic rings. The fourth-order valence-electron chi connectivity index (χ4n) is 3.81. The molecule has 0 aliphatic heterocycles. The summed E-state index contributed by atoms with van der Waals surface area (Å²) in [5.74, 6) is 3.12. The molecule has 210 valence electrons. The zero-order chi connectivity index (χ0) is 29.0. The van der Waals surface area contributed by atoms with Crippen LogP contribution in [0.2, 0.25) is 0 Å². The Balaban J connectivity index is 1.09. The molecule has 0 bridgehead atoms. The van der Waals surface area contributed by atoms with Crippen molar-refractivity contribution in [3.05, 3.63) is 133 Å². The Kier molecular flexibility index (Phi) is 9.29. The summed E-state index contributed by atoms with van der Waals surface area (Å²) in [4.78, 5) is 24.4. The first kappa shape index (κ1) is 27.8. The summed E-state index contributed by atoms with van der Waals surface area (Å²) in [6.45, 7) is -0.174. The Labute approximate surface area is 243 Å². The van der Waals surface area contributed by atoms with E-state index in [1.807, 2.05) is 54.6 Å². The first-order valence-corrected chi connectivity index (χ1v) is 13.2. The van der Waals surface area contributed by atoms with Crippen molar-refractivity contribution in [2.45, 2.75) is 0 Å². The van der Waals surface area contributed by atoms with Gasteiger partial charge in [-0.15, -0.1) is 0 Å². The normalized spacial score (nSPS) is 10.3. The van der Waals surface area contributed by atoms with E-state index in [0.29, 0.717) is 45.9 Å². The molecule has 0 saturated carbocycles. The lowest BCUT2D eigenvalue weighted by atomic mass is 10.2. The van der Waals surface area contributed by atoms with Gasteiger partial charge in [-0.2, -0.15) is 0 Å². The summed E-state index contributed by atoms with van der Waals surface area (Å²) in [5.41, 5.74) is 1.26. The van der Waals surface area contributed by atoms with Crippen molar-refractivity contribution in [2.75, 3.05) is 23.8 Å². The van der Waals surface area contributed by atoms with Gasteiger partial charge in [0.05, 0.1) is 0 Å². The second-order valence-electron chi connectivity index (χ2n) is 9.03. The predicted molar refractivity (Wildman–Crippen MR) is 161 cm³/mol. The maximum atomic E-state index is 12.2. The van der Waals surface area contributed by atoms with E-state index in [-0.39, 0.29) is 25.0 Å². The number of amides is 2. The molecule has 0 aromatic heterocycles. The molecule has 0 radical (unpaired) electrons. The Morgan fingerprint density at radius 3 is 1.21 bits per heavy atom. The molecule has 0 aliphatic carbocycles. The molecule has 0 unspecified atom stereocenters. The Hall–Kier alpha value is -5.76. The molecule has 0 atom stereocenters. The van der Waals surface area contributed by atoms with Crippen LogP contribution in [-0.4, -0.2) is 25.0 Å². The van der Waals surface area contributed by atoms with E-state index < -0.39 is 0 Å². The lowest BCUT2D eigenvalue weighted by Gasteiger charge is -2.11. The van der Waals surface area contributed by atoms with Gasteiger partial charge >= 0.3 is 0 Å². The number of hydrogen-bond acceptors (Lipinski definition) is 6. The van der Waals surface area contributed by atoms with Crippen LogP contribution >= 0.6 is 0 Å². The molecule has 8 nitrogen and oxygen atoms in total. The van der Waals surface area contributed by atoms with Crippen molar-refractivity contribution in [2.24, 2.45) is 0 Å². The highest BCUT2D eigenvalue weighted by Crippen LogP contribution is 2.29. The van der Waals surface area contributed by atoms with E-state index in [2.05, 4.69) is 10.6 Å². The first-order chi connectivity index (χ1) is 20.6. The maximum Gasteiger partial charge on any atom is 0.262 e. The summed E-state index contributed by atoms with van der Waals surface area (Å²) >= 11 is 0. The van der Waals surface area contributed by atoms with Crippen LogP contribution in [0, 0.1) is 0 Å². The molecule has 0 saturated heterocycles. The summed E-state index contributed by atoms with van der Waals surface area (Å²) in [5, 5.41) is 5.60. The highest BCUT2D eigenvalue weighted by Gasteiger charge is 2.07. The molecule has 42 heavy (non-hydrogen) atoms. The molecule has 5 aromatic rings. The topological polar surface area (TPSA) is 95.1 Å². The van der Waals surface area contributed by atoms with Gasteiger partial charge < -0.3 is 29.6 Å². The van der Waals surface area contributed by atoms with Crippen LogP contribution in [0.4, 0.5) is 11.4 Å². The first-order valence-electron chi connectivity index (χ1n) is 13.2. The number of ether oxygens (including phenoxy) is 4.